The number of benzene rings is 1. The predicted octanol–water partition coefficient (Wildman–Crippen LogP) is 1.76. The number of fused-ring (bicyclic) bond motifs is 1. The second-order valence-corrected chi connectivity index (χ2v) is 4.10. The van der Waals surface area contributed by atoms with Gasteiger partial charge in [-0.25, -0.2) is 4.79 Å². The third-order valence-corrected chi connectivity index (χ3v) is 2.92. The van der Waals surface area contributed by atoms with Gasteiger partial charge in [-0.3, -0.25) is 9.47 Å². The van der Waals surface area contributed by atoms with Crippen LogP contribution in [-0.2, 0) is 13.6 Å². The van der Waals surface area contributed by atoms with E-state index in [1.165, 1.54) is 4.57 Å². The SMILES string of the molecule is CN(CCl)Cc1ccc2c(c1)oc(=O)n2C. The number of aryl methyl sites for hydroxylation is 1. The molecule has 0 aliphatic rings. The number of aromatic nitrogens is 1. The van der Waals surface area contributed by atoms with Crippen LogP contribution in [0.2, 0.25) is 0 Å². The largest absolute Gasteiger partial charge is 0.419 e. The number of halogens is 1. The number of alkyl halides is 1. The second kappa shape index (κ2) is 4.31. The highest BCUT2D eigenvalue weighted by molar-refractivity contribution is 6.17. The first kappa shape index (κ1) is 11.2. The molecule has 1 heterocycles. The Morgan fingerprint density at radius 1 is 1.50 bits per heavy atom. The van der Waals surface area contributed by atoms with Gasteiger partial charge in [-0.05, 0) is 24.7 Å². The van der Waals surface area contributed by atoms with Gasteiger partial charge in [-0.15, -0.1) is 11.6 Å². The Bertz CT molecular complexity index is 559. The van der Waals surface area contributed by atoms with E-state index in [9.17, 15) is 4.79 Å². The smallest absolute Gasteiger partial charge is 0.408 e. The standard InChI is InChI=1S/C11H13ClN2O2/c1-13(7-12)6-8-3-4-9-10(5-8)16-11(15)14(9)2/h3-5H,6-7H2,1-2H3. The minimum absolute atomic E-state index is 0.335. The molecule has 0 fully saturated rings. The van der Waals surface area contributed by atoms with E-state index in [2.05, 4.69) is 0 Å². The molecule has 1 aromatic heterocycles. The van der Waals surface area contributed by atoms with Crippen LogP contribution in [0.15, 0.2) is 27.4 Å². The lowest BCUT2D eigenvalue weighted by molar-refractivity contribution is 0.382. The van der Waals surface area contributed by atoms with Crippen molar-refractivity contribution in [1.82, 2.24) is 9.47 Å². The van der Waals surface area contributed by atoms with Crippen molar-refractivity contribution in [3.8, 4) is 0 Å². The van der Waals surface area contributed by atoms with Gasteiger partial charge in [-0.1, -0.05) is 6.07 Å². The molecule has 4 nitrogen and oxygen atoms in total. The molecular weight excluding hydrogens is 228 g/mol. The molecule has 2 rings (SSSR count). The third kappa shape index (κ3) is 1.99. The van der Waals surface area contributed by atoms with E-state index in [1.807, 2.05) is 30.1 Å². The van der Waals surface area contributed by atoms with E-state index < -0.39 is 0 Å². The summed E-state index contributed by atoms with van der Waals surface area (Å²) in [6.07, 6.45) is 0. The summed E-state index contributed by atoms with van der Waals surface area (Å²) in [5.74, 6) is -0.335. The lowest BCUT2D eigenvalue weighted by atomic mass is 10.2. The minimum Gasteiger partial charge on any atom is -0.408 e. The molecule has 0 aliphatic heterocycles. The number of hydrogen-bond donors (Lipinski definition) is 0. The topological polar surface area (TPSA) is 38.4 Å². The highest BCUT2D eigenvalue weighted by Gasteiger charge is 2.07. The van der Waals surface area contributed by atoms with Gasteiger partial charge in [0.2, 0.25) is 0 Å². The maximum atomic E-state index is 11.3. The molecule has 86 valence electrons. The molecule has 0 radical (unpaired) electrons. The van der Waals surface area contributed by atoms with Crippen molar-refractivity contribution in [2.24, 2.45) is 7.05 Å². The Kier molecular flexibility index (Phi) is 3.03. The fourth-order valence-electron chi connectivity index (χ4n) is 1.63. The van der Waals surface area contributed by atoms with Gasteiger partial charge >= 0.3 is 5.76 Å². The highest BCUT2D eigenvalue weighted by Crippen LogP contribution is 2.15. The molecule has 0 amide bonds. The Morgan fingerprint density at radius 2 is 2.25 bits per heavy atom. The first-order chi connectivity index (χ1) is 7.61. The van der Waals surface area contributed by atoms with Gasteiger partial charge in [0.1, 0.15) is 0 Å². The highest BCUT2D eigenvalue weighted by atomic mass is 35.5. The quantitative estimate of drug-likeness (QED) is 0.606. The molecule has 0 unspecified atom stereocenters. The van der Waals surface area contributed by atoms with Crippen molar-refractivity contribution < 1.29 is 4.42 Å². The summed E-state index contributed by atoms with van der Waals surface area (Å²) in [6.45, 7) is 0.734. The lowest BCUT2D eigenvalue weighted by Gasteiger charge is -2.11. The molecule has 5 heteroatoms. The van der Waals surface area contributed by atoms with Gasteiger partial charge in [0.15, 0.2) is 5.58 Å². The Hall–Kier alpha value is -1.26. The number of rotatable bonds is 3. The number of oxazole rings is 1. The first-order valence-electron chi connectivity index (χ1n) is 4.95. The van der Waals surface area contributed by atoms with Crippen molar-refractivity contribution >= 4 is 22.7 Å². The van der Waals surface area contributed by atoms with Crippen LogP contribution >= 0.6 is 11.6 Å². The van der Waals surface area contributed by atoms with Crippen molar-refractivity contribution in [2.75, 3.05) is 13.1 Å². The van der Waals surface area contributed by atoms with Crippen LogP contribution < -0.4 is 5.76 Å². The van der Waals surface area contributed by atoms with Crippen LogP contribution in [0.3, 0.4) is 0 Å². The monoisotopic (exact) mass is 240 g/mol. The summed E-state index contributed by atoms with van der Waals surface area (Å²) in [6, 6.07) is 6.20. The zero-order valence-electron chi connectivity index (χ0n) is 9.24. The first-order valence-corrected chi connectivity index (χ1v) is 5.48. The summed E-state index contributed by atoms with van der Waals surface area (Å²) >= 11 is 5.70. The molecule has 2 aromatic rings. The number of hydrogen-bond acceptors (Lipinski definition) is 3. The zero-order chi connectivity index (χ0) is 11.7. The normalized spacial score (nSPS) is 11.5. The van der Waals surface area contributed by atoms with Crippen molar-refractivity contribution in [2.45, 2.75) is 6.54 Å². The fourth-order valence-corrected chi connectivity index (χ4v) is 1.72. The zero-order valence-corrected chi connectivity index (χ0v) is 9.99. The Morgan fingerprint density at radius 3 is 2.94 bits per heavy atom. The van der Waals surface area contributed by atoms with E-state index in [0.717, 1.165) is 17.6 Å². The molecular formula is C11H13ClN2O2. The number of nitrogens with zero attached hydrogens (tertiary/aromatic N) is 2. The molecule has 0 atom stereocenters. The molecule has 0 aliphatic carbocycles. The van der Waals surface area contributed by atoms with E-state index in [1.54, 1.807) is 7.05 Å². The average molecular weight is 241 g/mol. The molecule has 0 saturated heterocycles. The Balaban J connectivity index is 2.41. The molecule has 16 heavy (non-hydrogen) atoms. The third-order valence-electron chi connectivity index (χ3n) is 2.51. The average Bonchev–Trinajstić information content (AvgIpc) is 2.54. The Labute approximate surface area is 98.0 Å². The van der Waals surface area contributed by atoms with Gasteiger partial charge in [-0.2, -0.15) is 0 Å². The van der Waals surface area contributed by atoms with Crippen molar-refractivity contribution in [3.63, 3.8) is 0 Å². The van der Waals surface area contributed by atoms with Crippen molar-refractivity contribution in [3.05, 3.63) is 34.3 Å². The predicted molar refractivity (Wildman–Crippen MR) is 63.6 cm³/mol. The second-order valence-electron chi connectivity index (χ2n) is 3.86. The molecule has 0 bridgehead atoms. The fraction of sp³-hybridized carbons (Fsp3) is 0.364. The van der Waals surface area contributed by atoms with E-state index in [-0.39, 0.29) is 5.76 Å². The van der Waals surface area contributed by atoms with E-state index in [4.69, 9.17) is 16.0 Å². The van der Waals surface area contributed by atoms with Crippen LogP contribution in [0.5, 0.6) is 0 Å². The van der Waals surface area contributed by atoms with E-state index in [0.29, 0.717) is 11.6 Å². The lowest BCUT2D eigenvalue weighted by Crippen LogP contribution is -2.15. The van der Waals surface area contributed by atoms with Gasteiger partial charge in [0.05, 0.1) is 11.5 Å². The van der Waals surface area contributed by atoms with Crippen LogP contribution in [-0.4, -0.2) is 22.5 Å². The van der Waals surface area contributed by atoms with E-state index >= 15 is 0 Å². The summed E-state index contributed by atoms with van der Waals surface area (Å²) in [4.78, 5) is 13.3. The molecule has 0 saturated carbocycles. The van der Waals surface area contributed by atoms with Crippen LogP contribution in [0.1, 0.15) is 5.56 Å². The van der Waals surface area contributed by atoms with Gasteiger partial charge < -0.3 is 4.42 Å². The van der Waals surface area contributed by atoms with Crippen LogP contribution in [0, 0.1) is 0 Å². The molecule has 0 N–H and O–H groups in total. The van der Waals surface area contributed by atoms with Crippen LogP contribution in [0.25, 0.3) is 11.1 Å². The maximum absolute atomic E-state index is 11.3. The van der Waals surface area contributed by atoms with Gasteiger partial charge in [0, 0.05) is 13.6 Å². The summed E-state index contributed by atoms with van der Waals surface area (Å²) in [7, 11) is 3.62. The molecule has 1 aromatic carbocycles. The van der Waals surface area contributed by atoms with Gasteiger partial charge in [0.25, 0.3) is 0 Å². The summed E-state index contributed by atoms with van der Waals surface area (Å²) in [5.41, 5.74) is 2.50. The van der Waals surface area contributed by atoms with Crippen molar-refractivity contribution in [1.29, 1.82) is 0 Å². The maximum Gasteiger partial charge on any atom is 0.419 e. The summed E-state index contributed by atoms with van der Waals surface area (Å²) in [5, 5.41) is 0. The van der Waals surface area contributed by atoms with Crippen LogP contribution in [0.4, 0.5) is 0 Å². The summed E-state index contributed by atoms with van der Waals surface area (Å²) < 4.78 is 6.60. The minimum atomic E-state index is -0.335. The molecule has 0 spiro atoms.